The quantitative estimate of drug-likeness (QED) is 0.0397. The Hall–Kier alpha value is -4.57. The average Bonchev–Trinajstić information content (AvgIpc) is 3.62. The fraction of sp³-hybridized carbons (Fsp3) is 0.385. The molecule has 1 aromatic carbocycles. The van der Waals surface area contributed by atoms with Crippen LogP contribution in [0, 0.1) is 0 Å². The van der Waals surface area contributed by atoms with E-state index in [1.165, 1.54) is 12.5 Å². The summed E-state index contributed by atoms with van der Waals surface area (Å²) in [7, 11) is 0. The number of hydrogen-bond donors (Lipinski definition) is 10. The second-order valence-corrected chi connectivity index (χ2v) is 9.97. The van der Waals surface area contributed by atoms with Crippen molar-refractivity contribution in [3.05, 3.63) is 54.2 Å². The van der Waals surface area contributed by atoms with Gasteiger partial charge in [0.05, 0.1) is 12.4 Å². The number of carboxylic acid groups (broad SMARTS) is 1. The zero-order valence-electron chi connectivity index (χ0n) is 22.7. The zero-order chi connectivity index (χ0) is 30.6. The highest BCUT2D eigenvalue weighted by Gasteiger charge is 2.30. The maximum Gasteiger partial charge on any atom is 0.326 e. The van der Waals surface area contributed by atoms with Crippen LogP contribution in [0.15, 0.2) is 48.0 Å². The molecular weight excluding hydrogens is 564 g/mol. The molecule has 0 fully saturated rings. The standard InChI is InChI=1S/C26H36N10O5S/c27-17(8-14-10-32-18-5-2-1-4-16(14)18)22(37)34-19(6-3-7-31-26(28)29)23(38)36-21(12-42)24(39)35-20(25(40)41)9-15-11-30-13-33-15/h1-2,4-5,10-11,13,17,19-21,32,42H,3,6-9,12,27H2,(H,30,33)(H,34,37)(H,35,39)(H,36,38)(H,40,41)(H4,28,29,31). The number of para-hydroxylation sites is 1. The van der Waals surface area contributed by atoms with Gasteiger partial charge in [0.25, 0.3) is 0 Å². The van der Waals surface area contributed by atoms with Gasteiger partial charge in [0, 0.05) is 47.7 Å². The molecule has 42 heavy (non-hydrogen) atoms. The van der Waals surface area contributed by atoms with E-state index >= 15 is 0 Å². The van der Waals surface area contributed by atoms with Gasteiger partial charge in [-0.1, -0.05) is 18.2 Å². The largest absolute Gasteiger partial charge is 0.480 e. The molecule has 0 saturated heterocycles. The summed E-state index contributed by atoms with van der Waals surface area (Å²) in [6.07, 6.45) is 5.24. The number of H-pyrrole nitrogens is 2. The van der Waals surface area contributed by atoms with Crippen molar-refractivity contribution in [1.29, 1.82) is 0 Å². The number of hydrogen-bond acceptors (Lipinski definition) is 8. The van der Waals surface area contributed by atoms with Gasteiger partial charge in [-0.25, -0.2) is 9.78 Å². The molecule has 0 bridgehead atoms. The van der Waals surface area contributed by atoms with Crippen LogP contribution in [0.1, 0.15) is 24.1 Å². The topological polar surface area (TPSA) is 259 Å². The molecule has 3 amide bonds. The molecule has 16 heteroatoms. The lowest BCUT2D eigenvalue weighted by atomic mass is 10.0. The van der Waals surface area contributed by atoms with E-state index < -0.39 is 47.9 Å². The van der Waals surface area contributed by atoms with Crippen molar-refractivity contribution in [3.8, 4) is 0 Å². The molecule has 4 unspecified atom stereocenters. The van der Waals surface area contributed by atoms with Crippen molar-refractivity contribution in [1.82, 2.24) is 30.9 Å². The smallest absolute Gasteiger partial charge is 0.326 e. The molecule has 3 rings (SSSR count). The fourth-order valence-electron chi connectivity index (χ4n) is 4.24. The Balaban J connectivity index is 1.66. The second kappa shape index (κ2) is 15.4. The Morgan fingerprint density at radius 3 is 2.33 bits per heavy atom. The number of fused-ring (bicyclic) bond motifs is 1. The number of amides is 3. The number of nitrogens with one attached hydrogen (secondary N) is 5. The Kier molecular flexibility index (Phi) is 11.7. The number of carbonyl (C=O) groups is 4. The van der Waals surface area contributed by atoms with Crippen molar-refractivity contribution < 1.29 is 24.3 Å². The molecule has 0 aliphatic heterocycles. The minimum atomic E-state index is -1.28. The normalized spacial score (nSPS) is 13.9. The van der Waals surface area contributed by atoms with Crippen LogP contribution in [-0.2, 0) is 32.0 Å². The third kappa shape index (κ3) is 9.24. The van der Waals surface area contributed by atoms with E-state index in [1.54, 1.807) is 6.20 Å². The summed E-state index contributed by atoms with van der Waals surface area (Å²) in [6, 6.07) is 3.06. The molecule has 15 nitrogen and oxygen atoms in total. The van der Waals surface area contributed by atoms with E-state index in [0.29, 0.717) is 12.1 Å². The summed E-state index contributed by atoms with van der Waals surface area (Å²) in [5, 5.41) is 18.1. The number of aromatic amines is 2. The van der Waals surface area contributed by atoms with E-state index in [9.17, 15) is 24.3 Å². The number of aromatic nitrogens is 3. The molecule has 226 valence electrons. The van der Waals surface area contributed by atoms with Crippen LogP contribution < -0.4 is 33.2 Å². The van der Waals surface area contributed by atoms with Crippen molar-refractivity contribution in [2.24, 2.45) is 22.2 Å². The number of guanidine groups is 1. The average molecular weight is 601 g/mol. The predicted octanol–water partition coefficient (Wildman–Crippen LogP) is -1.47. The summed E-state index contributed by atoms with van der Waals surface area (Å²) in [4.78, 5) is 64.6. The molecule has 0 spiro atoms. The van der Waals surface area contributed by atoms with Gasteiger partial charge in [-0.2, -0.15) is 12.6 Å². The molecule has 2 heterocycles. The first-order valence-electron chi connectivity index (χ1n) is 13.2. The van der Waals surface area contributed by atoms with Crippen LogP contribution in [0.3, 0.4) is 0 Å². The van der Waals surface area contributed by atoms with Gasteiger partial charge in [-0.3, -0.25) is 19.4 Å². The predicted molar refractivity (Wildman–Crippen MR) is 159 cm³/mol. The van der Waals surface area contributed by atoms with Crippen molar-refractivity contribution in [2.45, 2.75) is 49.9 Å². The number of thiol groups is 1. The van der Waals surface area contributed by atoms with Gasteiger partial charge in [-0.05, 0) is 30.9 Å². The van der Waals surface area contributed by atoms with Gasteiger partial charge in [0.1, 0.15) is 18.1 Å². The third-order valence-corrected chi connectivity index (χ3v) is 6.80. The first-order chi connectivity index (χ1) is 20.1. The zero-order valence-corrected chi connectivity index (χ0v) is 23.6. The first kappa shape index (κ1) is 32.0. The minimum absolute atomic E-state index is 0.0495. The second-order valence-electron chi connectivity index (χ2n) is 9.60. The van der Waals surface area contributed by atoms with Crippen molar-refractivity contribution in [3.63, 3.8) is 0 Å². The molecular formula is C26H36N10O5S. The summed E-state index contributed by atoms with van der Waals surface area (Å²) < 4.78 is 0. The maximum atomic E-state index is 13.3. The molecule has 0 aliphatic carbocycles. The number of benzene rings is 1. The molecule has 0 saturated carbocycles. The number of carbonyl (C=O) groups excluding carboxylic acids is 3. The van der Waals surface area contributed by atoms with Gasteiger partial charge >= 0.3 is 5.97 Å². The number of rotatable bonds is 16. The Bertz CT molecular complexity index is 1390. The van der Waals surface area contributed by atoms with E-state index in [2.05, 4.69) is 48.5 Å². The van der Waals surface area contributed by atoms with Gasteiger partial charge in [0.15, 0.2) is 5.96 Å². The minimum Gasteiger partial charge on any atom is -0.480 e. The van der Waals surface area contributed by atoms with Crippen LogP contribution in [0.4, 0.5) is 0 Å². The third-order valence-electron chi connectivity index (χ3n) is 6.44. The Labute approximate surface area is 246 Å². The van der Waals surface area contributed by atoms with E-state index in [0.717, 1.165) is 16.5 Å². The van der Waals surface area contributed by atoms with Crippen LogP contribution in [-0.4, -0.2) is 86.2 Å². The molecule has 0 radical (unpaired) electrons. The highest BCUT2D eigenvalue weighted by atomic mass is 32.1. The van der Waals surface area contributed by atoms with Gasteiger partial charge in [-0.15, -0.1) is 0 Å². The lowest BCUT2D eigenvalue weighted by molar-refractivity contribution is -0.142. The highest BCUT2D eigenvalue weighted by Crippen LogP contribution is 2.19. The molecule has 0 aliphatic rings. The van der Waals surface area contributed by atoms with Crippen LogP contribution in [0.25, 0.3) is 10.9 Å². The maximum absolute atomic E-state index is 13.3. The number of aliphatic carboxylic acids is 1. The van der Waals surface area contributed by atoms with E-state index in [4.69, 9.17) is 17.2 Å². The monoisotopic (exact) mass is 600 g/mol. The summed E-state index contributed by atoms with van der Waals surface area (Å²) in [6.45, 7) is 0.202. The van der Waals surface area contributed by atoms with E-state index in [1.807, 2.05) is 24.3 Å². The SMILES string of the molecule is NC(N)=NCCCC(NC(=O)C(N)Cc1c[nH]c2ccccc12)C(=O)NC(CS)C(=O)NC(Cc1cnc[nH]1)C(=O)O. The lowest BCUT2D eigenvalue weighted by Gasteiger charge is -2.24. The van der Waals surface area contributed by atoms with E-state index in [-0.39, 0.29) is 37.5 Å². The molecule has 2 aromatic heterocycles. The number of carboxylic acids is 1. The Morgan fingerprint density at radius 2 is 1.67 bits per heavy atom. The summed E-state index contributed by atoms with van der Waals surface area (Å²) in [5.41, 5.74) is 19.2. The number of nitrogens with two attached hydrogens (primary N) is 3. The van der Waals surface area contributed by atoms with Crippen LogP contribution in [0.2, 0.25) is 0 Å². The first-order valence-corrected chi connectivity index (χ1v) is 13.8. The number of imidazole rings is 1. The highest BCUT2D eigenvalue weighted by molar-refractivity contribution is 7.80. The molecule has 3 aromatic rings. The summed E-state index contributed by atoms with van der Waals surface area (Å²) >= 11 is 4.16. The Morgan fingerprint density at radius 1 is 0.976 bits per heavy atom. The summed E-state index contributed by atoms with van der Waals surface area (Å²) in [5.74, 6) is -3.52. The molecule has 4 atom stereocenters. The molecule has 12 N–H and O–H groups in total. The lowest BCUT2D eigenvalue weighted by Crippen LogP contribution is -2.58. The van der Waals surface area contributed by atoms with Crippen molar-refractivity contribution in [2.75, 3.05) is 12.3 Å². The van der Waals surface area contributed by atoms with Gasteiger partial charge in [0.2, 0.25) is 17.7 Å². The van der Waals surface area contributed by atoms with Gasteiger partial charge < -0.3 is 48.2 Å². The number of aliphatic imine (C=N–C) groups is 1. The van der Waals surface area contributed by atoms with Crippen LogP contribution in [0.5, 0.6) is 0 Å². The fourth-order valence-corrected chi connectivity index (χ4v) is 4.49. The van der Waals surface area contributed by atoms with Crippen molar-refractivity contribution >= 4 is 53.2 Å². The number of nitrogens with zero attached hydrogens (tertiary/aromatic N) is 2. The van der Waals surface area contributed by atoms with Crippen LogP contribution >= 0.6 is 12.6 Å².